The van der Waals surface area contributed by atoms with Crippen LogP contribution in [0, 0.1) is 6.92 Å². The number of nitrogens with zero attached hydrogens (tertiary/aromatic N) is 5. The van der Waals surface area contributed by atoms with Crippen LogP contribution in [0.15, 0.2) is 12.3 Å². The lowest BCUT2D eigenvalue weighted by Crippen LogP contribution is -2.45. The first-order chi connectivity index (χ1) is 14.3. The molecule has 9 nitrogen and oxygen atoms in total. The van der Waals surface area contributed by atoms with Crippen molar-refractivity contribution in [3.63, 3.8) is 0 Å². The standard InChI is InChI=1S/C21H33N7O2/c1-13-11-28-19(24-20(13)26-8-6-15(23)12-26)10-16(25-28)17-5-3-4-7-27(17)21(30)18(29)9-14(2)22/h10-11,14-15,17-18,29H,3-9,12,22-23H2,1-2H3/t14?,15-,17-,18?/m0/s1. The van der Waals surface area contributed by atoms with Gasteiger partial charge in [0.25, 0.3) is 5.91 Å². The van der Waals surface area contributed by atoms with Gasteiger partial charge in [0, 0.05) is 49.5 Å². The minimum atomic E-state index is -1.08. The van der Waals surface area contributed by atoms with Crippen LogP contribution in [0.3, 0.4) is 0 Å². The maximum Gasteiger partial charge on any atom is 0.252 e. The van der Waals surface area contributed by atoms with Gasteiger partial charge in [-0.15, -0.1) is 0 Å². The molecule has 164 valence electrons. The Morgan fingerprint density at radius 1 is 1.33 bits per heavy atom. The highest BCUT2D eigenvalue weighted by Crippen LogP contribution is 2.32. The summed E-state index contributed by atoms with van der Waals surface area (Å²) in [5, 5.41) is 15.1. The molecule has 2 aromatic rings. The predicted molar refractivity (Wildman–Crippen MR) is 115 cm³/mol. The summed E-state index contributed by atoms with van der Waals surface area (Å²) in [6.45, 7) is 6.18. The Labute approximate surface area is 177 Å². The van der Waals surface area contributed by atoms with E-state index >= 15 is 0 Å². The summed E-state index contributed by atoms with van der Waals surface area (Å²) in [6.07, 6.45) is 4.92. The van der Waals surface area contributed by atoms with Crippen molar-refractivity contribution in [3.05, 3.63) is 23.5 Å². The number of hydrogen-bond acceptors (Lipinski definition) is 7. The predicted octanol–water partition coefficient (Wildman–Crippen LogP) is 0.727. The number of aryl methyl sites for hydroxylation is 1. The lowest BCUT2D eigenvalue weighted by molar-refractivity contribution is -0.144. The average molecular weight is 416 g/mol. The summed E-state index contributed by atoms with van der Waals surface area (Å²) in [7, 11) is 0. The summed E-state index contributed by atoms with van der Waals surface area (Å²) in [4.78, 5) is 21.7. The van der Waals surface area contributed by atoms with Crippen LogP contribution in [0.4, 0.5) is 5.82 Å². The van der Waals surface area contributed by atoms with Crippen molar-refractivity contribution in [1.29, 1.82) is 0 Å². The minimum absolute atomic E-state index is 0.153. The molecule has 2 fully saturated rings. The number of aliphatic hydroxyl groups excluding tert-OH is 1. The molecule has 0 aliphatic carbocycles. The first-order valence-electron chi connectivity index (χ1n) is 10.9. The highest BCUT2D eigenvalue weighted by atomic mass is 16.3. The summed E-state index contributed by atoms with van der Waals surface area (Å²) in [6, 6.07) is 1.77. The Morgan fingerprint density at radius 2 is 2.13 bits per heavy atom. The van der Waals surface area contributed by atoms with Crippen LogP contribution in [0.2, 0.25) is 0 Å². The Bertz CT molecular complexity index is 912. The molecule has 2 aliphatic heterocycles. The normalized spacial score (nSPS) is 24.4. The molecule has 9 heteroatoms. The molecule has 1 amide bonds. The molecule has 0 radical (unpaired) electrons. The van der Waals surface area contributed by atoms with Gasteiger partial charge in [-0.3, -0.25) is 4.79 Å². The molecule has 2 saturated heterocycles. The van der Waals surface area contributed by atoms with Crippen molar-refractivity contribution < 1.29 is 9.90 Å². The summed E-state index contributed by atoms with van der Waals surface area (Å²) >= 11 is 0. The van der Waals surface area contributed by atoms with Gasteiger partial charge in [-0.05, 0) is 46.0 Å². The third-order valence-corrected chi connectivity index (χ3v) is 6.16. The fraction of sp³-hybridized carbons (Fsp3) is 0.667. The maximum atomic E-state index is 12.9. The first kappa shape index (κ1) is 21.0. The zero-order valence-corrected chi connectivity index (χ0v) is 17.9. The van der Waals surface area contributed by atoms with E-state index < -0.39 is 6.10 Å². The van der Waals surface area contributed by atoms with Crippen molar-refractivity contribution in [2.75, 3.05) is 24.5 Å². The Morgan fingerprint density at radius 3 is 2.83 bits per heavy atom. The van der Waals surface area contributed by atoms with Crippen molar-refractivity contribution in [1.82, 2.24) is 19.5 Å². The van der Waals surface area contributed by atoms with E-state index in [9.17, 15) is 9.90 Å². The van der Waals surface area contributed by atoms with Crippen LogP contribution in [-0.4, -0.2) is 68.3 Å². The number of amides is 1. The second-order valence-corrected chi connectivity index (χ2v) is 8.89. The van der Waals surface area contributed by atoms with Gasteiger partial charge in [0.1, 0.15) is 11.9 Å². The topological polar surface area (TPSA) is 126 Å². The molecule has 4 heterocycles. The zero-order chi connectivity index (χ0) is 21.4. The fourth-order valence-electron chi connectivity index (χ4n) is 4.63. The average Bonchev–Trinajstić information content (AvgIpc) is 3.31. The molecule has 2 aliphatic rings. The quantitative estimate of drug-likeness (QED) is 0.657. The van der Waals surface area contributed by atoms with Gasteiger partial charge >= 0.3 is 0 Å². The van der Waals surface area contributed by atoms with Crippen molar-refractivity contribution in [2.45, 2.75) is 70.2 Å². The first-order valence-corrected chi connectivity index (χ1v) is 10.9. The van der Waals surface area contributed by atoms with Gasteiger partial charge < -0.3 is 26.4 Å². The van der Waals surface area contributed by atoms with E-state index in [-0.39, 0.29) is 30.5 Å². The molecule has 5 N–H and O–H groups in total. The van der Waals surface area contributed by atoms with Crippen LogP contribution >= 0.6 is 0 Å². The van der Waals surface area contributed by atoms with Crippen LogP contribution in [-0.2, 0) is 4.79 Å². The van der Waals surface area contributed by atoms with Crippen molar-refractivity contribution in [2.24, 2.45) is 11.5 Å². The Hall–Kier alpha value is -2.23. The number of nitrogens with two attached hydrogens (primary N) is 2. The third kappa shape index (κ3) is 4.14. The maximum absolute atomic E-state index is 12.9. The van der Waals surface area contributed by atoms with Crippen molar-refractivity contribution in [3.8, 4) is 0 Å². The molecule has 4 atom stereocenters. The molecule has 30 heavy (non-hydrogen) atoms. The highest BCUT2D eigenvalue weighted by molar-refractivity contribution is 5.81. The number of hydrogen-bond donors (Lipinski definition) is 3. The number of likely N-dealkylation sites (tertiary alicyclic amines) is 1. The molecule has 2 unspecified atom stereocenters. The van der Waals surface area contributed by atoms with Crippen molar-refractivity contribution >= 4 is 17.4 Å². The van der Waals surface area contributed by atoms with Gasteiger partial charge in [0.05, 0.1) is 11.7 Å². The second-order valence-electron chi connectivity index (χ2n) is 8.89. The van der Waals surface area contributed by atoms with E-state index in [0.29, 0.717) is 6.54 Å². The molecule has 4 rings (SSSR count). The smallest absolute Gasteiger partial charge is 0.252 e. The molecule has 2 aromatic heterocycles. The Kier molecular flexibility index (Phi) is 5.95. The van der Waals surface area contributed by atoms with E-state index in [1.807, 2.05) is 19.2 Å². The fourth-order valence-corrected chi connectivity index (χ4v) is 4.63. The molecule has 0 bridgehead atoms. The number of piperidine rings is 1. The SMILES string of the molecule is Cc1cn2nc([C@@H]3CCCCN3C(=O)C(O)CC(C)N)cc2nc1N1CC[C@H](N)C1. The van der Waals surface area contributed by atoms with E-state index in [0.717, 1.165) is 61.5 Å². The van der Waals surface area contributed by atoms with Crippen LogP contribution in [0.1, 0.15) is 56.3 Å². The van der Waals surface area contributed by atoms with Crippen LogP contribution in [0.5, 0.6) is 0 Å². The number of aromatic nitrogens is 3. The third-order valence-electron chi connectivity index (χ3n) is 6.16. The monoisotopic (exact) mass is 415 g/mol. The number of carbonyl (C=O) groups excluding carboxylic acids is 1. The van der Waals surface area contributed by atoms with E-state index in [4.69, 9.17) is 21.5 Å². The van der Waals surface area contributed by atoms with E-state index in [1.54, 1.807) is 16.3 Å². The lowest BCUT2D eigenvalue weighted by Gasteiger charge is -2.36. The van der Waals surface area contributed by atoms with Crippen LogP contribution in [0.25, 0.3) is 5.65 Å². The summed E-state index contributed by atoms with van der Waals surface area (Å²) < 4.78 is 1.79. The molecule has 0 spiro atoms. The molecular weight excluding hydrogens is 382 g/mol. The minimum Gasteiger partial charge on any atom is -0.383 e. The highest BCUT2D eigenvalue weighted by Gasteiger charge is 2.33. The lowest BCUT2D eigenvalue weighted by atomic mass is 9.98. The number of aliphatic hydroxyl groups is 1. The van der Waals surface area contributed by atoms with Gasteiger partial charge in [-0.25, -0.2) is 9.50 Å². The molecule has 0 saturated carbocycles. The number of fused-ring (bicyclic) bond motifs is 1. The second kappa shape index (κ2) is 8.49. The number of rotatable bonds is 5. The van der Waals surface area contributed by atoms with Crippen LogP contribution < -0.4 is 16.4 Å². The van der Waals surface area contributed by atoms with Gasteiger partial charge in [0.15, 0.2) is 5.65 Å². The summed E-state index contributed by atoms with van der Waals surface area (Å²) in [5.41, 5.74) is 14.5. The van der Waals surface area contributed by atoms with E-state index in [2.05, 4.69) is 4.90 Å². The number of carbonyl (C=O) groups is 1. The van der Waals surface area contributed by atoms with Gasteiger partial charge in [-0.2, -0.15) is 5.10 Å². The van der Waals surface area contributed by atoms with Gasteiger partial charge in [-0.1, -0.05) is 0 Å². The zero-order valence-electron chi connectivity index (χ0n) is 17.9. The number of anilines is 1. The van der Waals surface area contributed by atoms with Gasteiger partial charge in [0.2, 0.25) is 0 Å². The Balaban J connectivity index is 1.61. The largest absolute Gasteiger partial charge is 0.383 e. The summed E-state index contributed by atoms with van der Waals surface area (Å²) in [5.74, 6) is 0.691. The van der Waals surface area contributed by atoms with E-state index in [1.165, 1.54) is 0 Å². The molecular formula is C21H33N7O2. The molecule has 0 aromatic carbocycles.